The molecule has 3 rings (SSSR count). The minimum Gasteiger partial charge on any atom is -0.488 e. The Balaban J connectivity index is 1.66. The molecule has 1 aromatic carbocycles. The van der Waals surface area contributed by atoms with Crippen molar-refractivity contribution in [2.45, 2.75) is 11.1 Å². The summed E-state index contributed by atoms with van der Waals surface area (Å²) in [4.78, 5) is 3.87. The van der Waals surface area contributed by atoms with E-state index in [1.165, 1.54) is 16.8 Å². The second kappa shape index (κ2) is 7.06. The molecule has 0 radical (unpaired) electrons. The van der Waals surface area contributed by atoms with Gasteiger partial charge in [-0.15, -0.1) is 0 Å². The van der Waals surface area contributed by atoms with Crippen LogP contribution in [-0.4, -0.2) is 54.7 Å². The van der Waals surface area contributed by atoms with E-state index in [0.29, 0.717) is 0 Å². The third-order valence-corrected chi connectivity index (χ3v) is 5.46. The van der Waals surface area contributed by atoms with E-state index in [1.807, 2.05) is 0 Å². The van der Waals surface area contributed by atoms with Crippen molar-refractivity contribution in [3.8, 4) is 5.75 Å². The van der Waals surface area contributed by atoms with Crippen molar-refractivity contribution in [3.63, 3.8) is 0 Å². The Morgan fingerprint density at radius 2 is 2.20 bits per heavy atom. The molecule has 25 heavy (non-hydrogen) atoms. The van der Waals surface area contributed by atoms with Gasteiger partial charge in [0.1, 0.15) is 18.5 Å². The number of sulfonamides is 1. The molecule has 0 spiro atoms. The Bertz CT molecular complexity index is 856. The van der Waals surface area contributed by atoms with Crippen molar-refractivity contribution >= 4 is 10.0 Å². The Hall–Kier alpha value is -2.04. The molecule has 0 N–H and O–H groups in total. The number of halogens is 2. The molecule has 0 amide bonds. The predicted molar refractivity (Wildman–Crippen MR) is 83.6 cm³/mol. The van der Waals surface area contributed by atoms with Crippen molar-refractivity contribution in [2.24, 2.45) is 7.05 Å². The molecule has 7 nitrogen and oxygen atoms in total. The fraction of sp³-hybridized carbons (Fsp3) is 0.400. The Kier molecular flexibility index (Phi) is 5.02. The van der Waals surface area contributed by atoms with Crippen LogP contribution in [0.5, 0.6) is 5.75 Å². The van der Waals surface area contributed by atoms with Crippen molar-refractivity contribution in [2.75, 3.05) is 26.3 Å². The molecule has 1 unspecified atom stereocenters. The molecule has 1 aliphatic heterocycles. The Morgan fingerprint density at radius 3 is 2.92 bits per heavy atom. The molecule has 1 fully saturated rings. The summed E-state index contributed by atoms with van der Waals surface area (Å²) in [5, 5.41) is -0.0484. The van der Waals surface area contributed by atoms with Crippen LogP contribution in [0.2, 0.25) is 0 Å². The van der Waals surface area contributed by atoms with Gasteiger partial charge in [0.05, 0.1) is 12.9 Å². The lowest BCUT2D eigenvalue weighted by atomic mass is 10.3. The molecule has 1 aliphatic rings. The molecule has 2 aromatic rings. The predicted octanol–water partition coefficient (Wildman–Crippen LogP) is 1.17. The molecule has 2 heterocycles. The van der Waals surface area contributed by atoms with Gasteiger partial charge in [0.15, 0.2) is 16.6 Å². The minimum atomic E-state index is -3.74. The van der Waals surface area contributed by atoms with Crippen LogP contribution in [0.3, 0.4) is 0 Å². The number of hydrogen-bond acceptors (Lipinski definition) is 5. The van der Waals surface area contributed by atoms with E-state index in [9.17, 15) is 17.2 Å². The summed E-state index contributed by atoms with van der Waals surface area (Å²) in [6.45, 7) is 0.292. The lowest BCUT2D eigenvalue weighted by Gasteiger charge is -2.31. The number of hydrogen-bond donors (Lipinski definition) is 0. The van der Waals surface area contributed by atoms with Crippen LogP contribution in [0.4, 0.5) is 8.78 Å². The summed E-state index contributed by atoms with van der Waals surface area (Å²) in [5.41, 5.74) is 0. The lowest BCUT2D eigenvalue weighted by Crippen LogP contribution is -2.47. The monoisotopic (exact) mass is 373 g/mol. The molecule has 136 valence electrons. The fourth-order valence-electron chi connectivity index (χ4n) is 2.44. The summed E-state index contributed by atoms with van der Waals surface area (Å²) in [6.07, 6.45) is 2.22. The summed E-state index contributed by atoms with van der Waals surface area (Å²) in [6, 6.07) is 2.88. The number of rotatable bonds is 5. The Labute approximate surface area is 143 Å². The van der Waals surface area contributed by atoms with Gasteiger partial charge < -0.3 is 14.0 Å². The van der Waals surface area contributed by atoms with Crippen LogP contribution in [0.25, 0.3) is 0 Å². The SMILES string of the molecule is Cn1cnc(S(=O)(=O)N2CCOC(COc3cc(F)ccc3F)C2)c1. The zero-order valence-corrected chi connectivity index (χ0v) is 14.2. The molecular formula is C15H17F2N3O4S. The van der Waals surface area contributed by atoms with Crippen molar-refractivity contribution in [1.29, 1.82) is 0 Å². The first-order valence-corrected chi connectivity index (χ1v) is 8.98. The second-order valence-electron chi connectivity index (χ2n) is 5.62. The molecule has 1 atom stereocenters. The third kappa shape index (κ3) is 3.97. The maximum Gasteiger partial charge on any atom is 0.262 e. The highest BCUT2D eigenvalue weighted by atomic mass is 32.2. The van der Waals surface area contributed by atoms with Gasteiger partial charge in [-0.2, -0.15) is 4.31 Å². The largest absolute Gasteiger partial charge is 0.488 e. The molecule has 0 saturated carbocycles. The van der Waals surface area contributed by atoms with Crippen molar-refractivity contribution in [1.82, 2.24) is 13.9 Å². The van der Waals surface area contributed by atoms with Crippen LogP contribution in [0, 0.1) is 11.6 Å². The maximum atomic E-state index is 13.6. The Morgan fingerprint density at radius 1 is 1.40 bits per heavy atom. The van der Waals surface area contributed by atoms with E-state index in [-0.39, 0.29) is 37.1 Å². The number of morpholine rings is 1. The number of aromatic nitrogens is 2. The van der Waals surface area contributed by atoms with E-state index in [4.69, 9.17) is 9.47 Å². The van der Waals surface area contributed by atoms with Crippen LogP contribution in [0.15, 0.2) is 35.7 Å². The summed E-state index contributed by atoms with van der Waals surface area (Å²) >= 11 is 0. The molecule has 1 saturated heterocycles. The summed E-state index contributed by atoms with van der Waals surface area (Å²) in [5.74, 6) is -1.57. The van der Waals surface area contributed by atoms with Crippen molar-refractivity contribution < 1.29 is 26.7 Å². The maximum absolute atomic E-state index is 13.6. The first-order valence-electron chi connectivity index (χ1n) is 7.54. The number of benzene rings is 1. The van der Waals surface area contributed by atoms with Gasteiger partial charge >= 0.3 is 0 Å². The molecule has 0 bridgehead atoms. The number of aryl methyl sites for hydroxylation is 1. The van der Waals surface area contributed by atoms with E-state index < -0.39 is 27.8 Å². The quantitative estimate of drug-likeness (QED) is 0.787. The van der Waals surface area contributed by atoms with Gasteiger partial charge in [0.25, 0.3) is 10.0 Å². The fourth-order valence-corrected chi connectivity index (χ4v) is 3.86. The highest BCUT2D eigenvalue weighted by molar-refractivity contribution is 7.89. The van der Waals surface area contributed by atoms with Gasteiger partial charge in [-0.1, -0.05) is 0 Å². The van der Waals surface area contributed by atoms with Crippen LogP contribution in [-0.2, 0) is 21.8 Å². The normalized spacial score (nSPS) is 19.1. The van der Waals surface area contributed by atoms with Gasteiger partial charge in [0, 0.05) is 32.4 Å². The first kappa shape index (κ1) is 17.8. The molecular weight excluding hydrogens is 356 g/mol. The number of imidazole rings is 1. The summed E-state index contributed by atoms with van der Waals surface area (Å²) in [7, 11) is -2.06. The van der Waals surface area contributed by atoms with Crippen LogP contribution >= 0.6 is 0 Å². The topological polar surface area (TPSA) is 73.7 Å². The van der Waals surface area contributed by atoms with Gasteiger partial charge in [-0.05, 0) is 12.1 Å². The standard InChI is InChI=1S/C15H17F2N3O4S/c1-19-8-15(18-10-19)25(21,22)20-4-5-23-12(7-20)9-24-14-6-11(16)2-3-13(14)17/h2-3,6,8,10,12H,4-5,7,9H2,1H3. The van der Waals surface area contributed by atoms with E-state index in [1.54, 1.807) is 11.6 Å². The minimum absolute atomic E-state index is 0.0375. The second-order valence-corrected chi connectivity index (χ2v) is 7.50. The zero-order chi connectivity index (χ0) is 18.0. The first-order chi connectivity index (χ1) is 11.9. The average molecular weight is 373 g/mol. The van der Waals surface area contributed by atoms with Crippen molar-refractivity contribution in [3.05, 3.63) is 42.4 Å². The highest BCUT2D eigenvalue weighted by Gasteiger charge is 2.32. The number of ether oxygens (including phenoxy) is 2. The molecule has 10 heteroatoms. The summed E-state index contributed by atoms with van der Waals surface area (Å²) < 4.78 is 65.3. The molecule has 1 aromatic heterocycles. The van der Waals surface area contributed by atoms with Gasteiger partial charge in [-0.3, -0.25) is 0 Å². The lowest BCUT2D eigenvalue weighted by molar-refractivity contribution is -0.0256. The number of nitrogens with zero attached hydrogens (tertiary/aromatic N) is 3. The zero-order valence-electron chi connectivity index (χ0n) is 13.4. The van der Waals surface area contributed by atoms with Crippen LogP contribution in [0.1, 0.15) is 0 Å². The smallest absolute Gasteiger partial charge is 0.262 e. The third-order valence-electron chi connectivity index (χ3n) is 3.70. The van der Waals surface area contributed by atoms with E-state index in [2.05, 4.69) is 4.98 Å². The molecule has 0 aliphatic carbocycles. The highest BCUT2D eigenvalue weighted by Crippen LogP contribution is 2.20. The van der Waals surface area contributed by atoms with E-state index >= 15 is 0 Å². The van der Waals surface area contributed by atoms with E-state index in [0.717, 1.165) is 18.2 Å². The van der Waals surface area contributed by atoms with Crippen LogP contribution < -0.4 is 4.74 Å². The van der Waals surface area contributed by atoms with Gasteiger partial charge in [0.2, 0.25) is 0 Å². The van der Waals surface area contributed by atoms with Gasteiger partial charge in [-0.25, -0.2) is 22.2 Å². The average Bonchev–Trinajstić information content (AvgIpc) is 3.03.